The van der Waals surface area contributed by atoms with Gasteiger partial charge < -0.3 is 5.73 Å². The van der Waals surface area contributed by atoms with Crippen molar-refractivity contribution in [1.82, 2.24) is 4.90 Å². The van der Waals surface area contributed by atoms with E-state index in [1.807, 2.05) is 6.92 Å². The normalized spacial score (nSPS) is 20.5. The number of nitrogens with zero attached hydrogens (tertiary/aromatic N) is 1. The number of hydrogen-bond donors (Lipinski definition) is 1. The van der Waals surface area contributed by atoms with Gasteiger partial charge in [-0.3, -0.25) is 14.5 Å². The molecular weight excluding hydrogens is 216 g/mol. The van der Waals surface area contributed by atoms with Gasteiger partial charge in [-0.25, -0.2) is 0 Å². The van der Waals surface area contributed by atoms with Crippen LogP contribution in [0, 0.1) is 5.92 Å². The van der Waals surface area contributed by atoms with E-state index < -0.39 is 5.54 Å². The molecule has 0 saturated carbocycles. The van der Waals surface area contributed by atoms with E-state index >= 15 is 0 Å². The van der Waals surface area contributed by atoms with Crippen LogP contribution in [0.5, 0.6) is 0 Å². The molecule has 0 fully saturated rings. The number of imide groups is 1. The van der Waals surface area contributed by atoms with Crippen molar-refractivity contribution in [2.75, 3.05) is 6.54 Å². The van der Waals surface area contributed by atoms with Gasteiger partial charge >= 0.3 is 0 Å². The lowest BCUT2D eigenvalue weighted by atomic mass is 9.89. The highest BCUT2D eigenvalue weighted by atomic mass is 16.2. The Morgan fingerprint density at radius 1 is 1.18 bits per heavy atom. The molecule has 4 heteroatoms. The number of amides is 2. The second-order valence-electron chi connectivity index (χ2n) is 5.49. The van der Waals surface area contributed by atoms with Crippen LogP contribution < -0.4 is 5.73 Å². The molecule has 1 rings (SSSR count). The third-order valence-electron chi connectivity index (χ3n) is 3.44. The molecule has 4 nitrogen and oxygen atoms in total. The minimum Gasteiger partial charge on any atom is -0.328 e. The van der Waals surface area contributed by atoms with Crippen molar-refractivity contribution in [1.29, 1.82) is 0 Å². The molecule has 0 aromatic rings. The highest BCUT2D eigenvalue weighted by Gasteiger charge is 2.44. The van der Waals surface area contributed by atoms with Crippen LogP contribution in [0.3, 0.4) is 0 Å². The standard InChI is InChI=1S/C13H22N2O2/c1-8(2)6-13(5,7-14)15-11(16)9(3)10(4)12(15)17/h8H,6-7,14H2,1-5H3. The van der Waals surface area contributed by atoms with Crippen molar-refractivity contribution in [3.63, 3.8) is 0 Å². The smallest absolute Gasteiger partial charge is 0.257 e. The van der Waals surface area contributed by atoms with E-state index in [0.29, 0.717) is 23.6 Å². The molecular formula is C13H22N2O2. The first-order valence-corrected chi connectivity index (χ1v) is 6.01. The van der Waals surface area contributed by atoms with E-state index in [1.54, 1.807) is 13.8 Å². The highest BCUT2D eigenvalue weighted by Crippen LogP contribution is 2.31. The molecule has 1 atom stereocenters. The van der Waals surface area contributed by atoms with Crippen molar-refractivity contribution in [2.45, 2.75) is 46.6 Å². The van der Waals surface area contributed by atoms with Crippen molar-refractivity contribution in [2.24, 2.45) is 11.7 Å². The van der Waals surface area contributed by atoms with E-state index in [-0.39, 0.29) is 11.8 Å². The van der Waals surface area contributed by atoms with Gasteiger partial charge in [0.15, 0.2) is 0 Å². The highest BCUT2D eigenvalue weighted by molar-refractivity contribution is 6.19. The Bertz CT molecular complexity index is 361. The fourth-order valence-corrected chi connectivity index (χ4v) is 2.38. The summed E-state index contributed by atoms with van der Waals surface area (Å²) < 4.78 is 0. The second-order valence-corrected chi connectivity index (χ2v) is 5.49. The molecule has 1 aliphatic rings. The molecule has 0 aromatic carbocycles. The van der Waals surface area contributed by atoms with E-state index in [4.69, 9.17) is 5.73 Å². The van der Waals surface area contributed by atoms with Gasteiger partial charge in [0, 0.05) is 17.7 Å². The lowest BCUT2D eigenvalue weighted by Crippen LogP contribution is -2.55. The van der Waals surface area contributed by atoms with Gasteiger partial charge in [0.2, 0.25) is 0 Å². The summed E-state index contributed by atoms with van der Waals surface area (Å²) in [4.78, 5) is 25.6. The number of carbonyl (C=O) groups is 2. The SMILES string of the molecule is CC1=C(C)C(=O)N(C(C)(CN)CC(C)C)C1=O. The van der Waals surface area contributed by atoms with Gasteiger partial charge in [-0.1, -0.05) is 13.8 Å². The van der Waals surface area contributed by atoms with Gasteiger partial charge in [-0.15, -0.1) is 0 Å². The van der Waals surface area contributed by atoms with Crippen LogP contribution in [0.4, 0.5) is 0 Å². The number of rotatable bonds is 4. The average molecular weight is 238 g/mol. The van der Waals surface area contributed by atoms with Gasteiger partial charge in [0.05, 0.1) is 5.54 Å². The Morgan fingerprint density at radius 2 is 1.59 bits per heavy atom. The third kappa shape index (κ3) is 2.27. The largest absolute Gasteiger partial charge is 0.328 e. The fraction of sp³-hybridized carbons (Fsp3) is 0.692. The van der Waals surface area contributed by atoms with Crippen LogP contribution in [0.25, 0.3) is 0 Å². The number of nitrogens with two attached hydrogens (primary N) is 1. The zero-order valence-corrected chi connectivity index (χ0v) is 11.3. The van der Waals surface area contributed by atoms with Crippen molar-refractivity contribution < 1.29 is 9.59 Å². The minimum absolute atomic E-state index is 0.193. The molecule has 96 valence electrons. The molecule has 0 radical (unpaired) electrons. The van der Waals surface area contributed by atoms with Crippen molar-refractivity contribution in [3.8, 4) is 0 Å². The Balaban J connectivity index is 3.09. The zero-order valence-electron chi connectivity index (χ0n) is 11.3. The fourth-order valence-electron chi connectivity index (χ4n) is 2.38. The summed E-state index contributed by atoms with van der Waals surface area (Å²) in [7, 11) is 0. The summed E-state index contributed by atoms with van der Waals surface area (Å²) in [6, 6.07) is 0. The van der Waals surface area contributed by atoms with Crippen LogP contribution in [0.2, 0.25) is 0 Å². The summed E-state index contributed by atoms with van der Waals surface area (Å²) in [5, 5.41) is 0. The van der Waals surface area contributed by atoms with Crippen LogP contribution in [-0.4, -0.2) is 28.8 Å². The van der Waals surface area contributed by atoms with Gasteiger partial charge in [-0.2, -0.15) is 0 Å². The predicted molar refractivity (Wildman–Crippen MR) is 67.1 cm³/mol. The van der Waals surface area contributed by atoms with Crippen molar-refractivity contribution >= 4 is 11.8 Å². The van der Waals surface area contributed by atoms with Crippen LogP contribution in [-0.2, 0) is 9.59 Å². The molecule has 0 aliphatic carbocycles. The molecule has 1 aliphatic heterocycles. The quantitative estimate of drug-likeness (QED) is 0.754. The third-order valence-corrected chi connectivity index (χ3v) is 3.44. The van der Waals surface area contributed by atoms with E-state index in [0.717, 1.165) is 6.42 Å². The first kappa shape index (κ1) is 13.9. The summed E-state index contributed by atoms with van der Waals surface area (Å²) in [6.45, 7) is 9.69. The molecule has 0 aromatic heterocycles. The van der Waals surface area contributed by atoms with Gasteiger partial charge in [-0.05, 0) is 33.1 Å². The Hall–Kier alpha value is -1.16. The Kier molecular flexibility index (Phi) is 3.77. The van der Waals surface area contributed by atoms with E-state index in [1.165, 1.54) is 4.90 Å². The van der Waals surface area contributed by atoms with Crippen molar-refractivity contribution in [3.05, 3.63) is 11.1 Å². The van der Waals surface area contributed by atoms with Crippen LogP contribution in [0.1, 0.15) is 41.0 Å². The summed E-state index contributed by atoms with van der Waals surface area (Å²) in [6.07, 6.45) is 0.724. The van der Waals surface area contributed by atoms with E-state index in [9.17, 15) is 9.59 Å². The van der Waals surface area contributed by atoms with Gasteiger partial charge in [0.25, 0.3) is 11.8 Å². The molecule has 2 N–H and O–H groups in total. The maximum Gasteiger partial charge on any atom is 0.257 e. The number of hydrogen-bond acceptors (Lipinski definition) is 3. The number of carbonyl (C=O) groups excluding carboxylic acids is 2. The van der Waals surface area contributed by atoms with Crippen LogP contribution in [0.15, 0.2) is 11.1 Å². The Labute approximate surface area is 103 Å². The maximum atomic E-state index is 12.1. The molecule has 1 heterocycles. The molecule has 17 heavy (non-hydrogen) atoms. The summed E-state index contributed by atoms with van der Waals surface area (Å²) >= 11 is 0. The maximum absolute atomic E-state index is 12.1. The summed E-state index contributed by atoms with van der Waals surface area (Å²) in [5.41, 5.74) is 6.28. The lowest BCUT2D eigenvalue weighted by Gasteiger charge is -2.38. The average Bonchev–Trinajstić information content (AvgIpc) is 2.42. The topological polar surface area (TPSA) is 63.4 Å². The Morgan fingerprint density at radius 3 is 1.88 bits per heavy atom. The molecule has 1 unspecified atom stereocenters. The first-order chi connectivity index (χ1) is 7.74. The lowest BCUT2D eigenvalue weighted by molar-refractivity contribution is -0.144. The summed E-state index contributed by atoms with van der Waals surface area (Å²) in [5.74, 6) is -0.00689. The predicted octanol–water partition coefficient (Wildman–Crippen LogP) is 1.46. The van der Waals surface area contributed by atoms with E-state index in [2.05, 4.69) is 13.8 Å². The zero-order chi connectivity index (χ0) is 13.4. The molecule has 0 spiro atoms. The second kappa shape index (κ2) is 4.61. The molecule has 0 bridgehead atoms. The minimum atomic E-state index is -0.582. The first-order valence-electron chi connectivity index (χ1n) is 6.01. The van der Waals surface area contributed by atoms with Crippen LogP contribution >= 0.6 is 0 Å². The van der Waals surface area contributed by atoms with Gasteiger partial charge in [0.1, 0.15) is 0 Å². The molecule has 2 amide bonds. The monoisotopic (exact) mass is 238 g/mol. The molecule has 0 saturated heterocycles.